The van der Waals surface area contributed by atoms with Gasteiger partial charge in [-0.05, 0) is 105 Å². The highest BCUT2D eigenvalue weighted by Crippen LogP contribution is 2.75. The van der Waals surface area contributed by atoms with Crippen LogP contribution in [0.3, 0.4) is 0 Å². The van der Waals surface area contributed by atoms with E-state index in [0.29, 0.717) is 22.5 Å². The molecule has 4 rings (SSSR count). The predicted octanol–water partition coefficient (Wildman–Crippen LogP) is 8.93. The molecule has 3 fully saturated rings. The molecule has 0 aromatic heterocycles. The van der Waals surface area contributed by atoms with Crippen LogP contribution < -0.4 is 0 Å². The number of allylic oxidation sites excluding steroid dienone is 4. The topological polar surface area (TPSA) is 17.1 Å². The highest BCUT2D eigenvalue weighted by Gasteiger charge is 2.68. The van der Waals surface area contributed by atoms with E-state index in [9.17, 15) is 4.79 Å². The molecule has 4 aliphatic carbocycles. The van der Waals surface area contributed by atoms with Crippen LogP contribution in [0.25, 0.3) is 0 Å². The van der Waals surface area contributed by atoms with E-state index in [2.05, 4.69) is 74.5 Å². The molecule has 1 heteroatoms. The van der Waals surface area contributed by atoms with Gasteiger partial charge in [0.2, 0.25) is 0 Å². The molecule has 0 aromatic carbocycles. The first kappa shape index (κ1) is 24.3. The Labute approximate surface area is 198 Å². The normalized spacial score (nSPS) is 45.9. The Morgan fingerprint density at radius 2 is 1.72 bits per heavy atom. The van der Waals surface area contributed by atoms with Crippen molar-refractivity contribution in [1.29, 1.82) is 0 Å². The molecule has 0 bridgehead atoms. The van der Waals surface area contributed by atoms with Gasteiger partial charge in [-0.1, -0.05) is 71.8 Å². The van der Waals surface area contributed by atoms with Crippen LogP contribution >= 0.6 is 0 Å². The number of carbonyl (C=O) groups is 1. The van der Waals surface area contributed by atoms with Crippen LogP contribution in [-0.4, -0.2) is 5.78 Å². The molecule has 0 heterocycles. The van der Waals surface area contributed by atoms with Gasteiger partial charge in [-0.3, -0.25) is 4.79 Å². The Morgan fingerprint density at radius 1 is 1.03 bits per heavy atom. The zero-order valence-corrected chi connectivity index (χ0v) is 22.7. The van der Waals surface area contributed by atoms with Gasteiger partial charge in [0.1, 0.15) is 5.78 Å². The summed E-state index contributed by atoms with van der Waals surface area (Å²) in [6.45, 7) is 21.8. The zero-order chi connectivity index (χ0) is 23.7. The summed E-state index contributed by atoms with van der Waals surface area (Å²) >= 11 is 0. The highest BCUT2D eigenvalue weighted by atomic mass is 16.1. The average Bonchev–Trinajstić information content (AvgIpc) is 2.99. The van der Waals surface area contributed by atoms with Crippen LogP contribution in [-0.2, 0) is 4.79 Å². The SMILES string of the molecule is CC(C)=CCC[C@H](C)[C@@H]1CC[C@]2(C)C3=CC[C@@]4(C)C(C)(C)C(=O)CC[C@]4(C)[C@H]3CC[C@@]12C. The van der Waals surface area contributed by atoms with E-state index in [0.717, 1.165) is 31.1 Å². The molecule has 7 atom stereocenters. The molecule has 0 saturated heterocycles. The minimum absolute atomic E-state index is 0.0727. The monoisotopic (exact) mass is 438 g/mol. The maximum Gasteiger partial charge on any atom is 0.139 e. The molecule has 1 nitrogen and oxygen atoms in total. The van der Waals surface area contributed by atoms with Crippen LogP contribution in [0.5, 0.6) is 0 Å². The first-order chi connectivity index (χ1) is 14.7. The van der Waals surface area contributed by atoms with Gasteiger partial charge in [-0.15, -0.1) is 0 Å². The lowest BCUT2D eigenvalue weighted by atomic mass is 9.36. The number of ketones is 1. The fourth-order valence-electron chi connectivity index (χ4n) is 9.50. The average molecular weight is 439 g/mol. The summed E-state index contributed by atoms with van der Waals surface area (Å²) in [6.07, 6.45) is 16.1. The summed E-state index contributed by atoms with van der Waals surface area (Å²) < 4.78 is 0. The van der Waals surface area contributed by atoms with Gasteiger partial charge in [0, 0.05) is 11.8 Å². The first-order valence-corrected chi connectivity index (χ1v) is 13.6. The highest BCUT2D eigenvalue weighted by molar-refractivity contribution is 5.86. The number of Topliss-reactive ketones (excluding diaryl/α,β-unsaturated/α-hetero) is 1. The number of hydrogen-bond acceptors (Lipinski definition) is 1. The Hall–Kier alpha value is -0.850. The molecule has 0 N–H and O–H groups in total. The molecular weight excluding hydrogens is 388 g/mol. The molecule has 32 heavy (non-hydrogen) atoms. The van der Waals surface area contributed by atoms with Crippen molar-refractivity contribution in [1.82, 2.24) is 0 Å². The van der Waals surface area contributed by atoms with Crippen LogP contribution in [0.1, 0.15) is 120 Å². The summed E-state index contributed by atoms with van der Waals surface area (Å²) in [5, 5.41) is 0. The largest absolute Gasteiger partial charge is 0.299 e. The maximum absolute atomic E-state index is 13.0. The lowest BCUT2D eigenvalue weighted by Crippen LogP contribution is -2.62. The minimum atomic E-state index is -0.221. The molecule has 0 radical (unpaired) electrons. The van der Waals surface area contributed by atoms with E-state index in [4.69, 9.17) is 0 Å². The fourth-order valence-corrected chi connectivity index (χ4v) is 9.50. The molecular formula is C31H50O. The van der Waals surface area contributed by atoms with Crippen molar-refractivity contribution >= 4 is 5.78 Å². The summed E-state index contributed by atoms with van der Waals surface area (Å²) in [6, 6.07) is 0. The maximum atomic E-state index is 13.0. The summed E-state index contributed by atoms with van der Waals surface area (Å²) in [5.74, 6) is 2.79. The van der Waals surface area contributed by atoms with E-state index < -0.39 is 0 Å². The van der Waals surface area contributed by atoms with Gasteiger partial charge in [0.15, 0.2) is 0 Å². The zero-order valence-electron chi connectivity index (χ0n) is 22.7. The lowest BCUT2D eigenvalue weighted by Gasteiger charge is -2.67. The Kier molecular flexibility index (Phi) is 5.75. The molecule has 0 aromatic rings. The third kappa shape index (κ3) is 2.97. The van der Waals surface area contributed by atoms with Gasteiger partial charge < -0.3 is 0 Å². The second-order valence-electron chi connectivity index (χ2n) is 14.0. The Balaban J connectivity index is 1.67. The predicted molar refractivity (Wildman–Crippen MR) is 136 cm³/mol. The van der Waals surface area contributed by atoms with Crippen molar-refractivity contribution in [3.05, 3.63) is 23.3 Å². The summed E-state index contributed by atoms with van der Waals surface area (Å²) in [7, 11) is 0. The third-order valence-corrected chi connectivity index (χ3v) is 12.6. The van der Waals surface area contributed by atoms with Crippen LogP contribution in [0.15, 0.2) is 23.3 Å². The molecule has 0 unspecified atom stereocenters. The van der Waals surface area contributed by atoms with Gasteiger partial charge in [-0.2, -0.15) is 0 Å². The second kappa shape index (κ2) is 7.58. The van der Waals surface area contributed by atoms with E-state index in [1.54, 1.807) is 5.57 Å². The Morgan fingerprint density at radius 3 is 2.38 bits per heavy atom. The molecule has 180 valence electrons. The number of fused-ring (bicyclic) bond motifs is 5. The summed E-state index contributed by atoms with van der Waals surface area (Å²) in [5.41, 5.74) is 4.11. The number of carbonyl (C=O) groups excluding carboxylic acids is 1. The minimum Gasteiger partial charge on any atom is -0.299 e. The fraction of sp³-hybridized carbons (Fsp3) is 0.839. The molecule has 0 aliphatic heterocycles. The second-order valence-corrected chi connectivity index (χ2v) is 14.0. The quantitative estimate of drug-likeness (QED) is 0.400. The van der Waals surface area contributed by atoms with Crippen molar-refractivity contribution in [2.75, 3.05) is 0 Å². The van der Waals surface area contributed by atoms with Crippen molar-refractivity contribution < 1.29 is 4.79 Å². The van der Waals surface area contributed by atoms with Gasteiger partial charge in [-0.25, -0.2) is 0 Å². The van der Waals surface area contributed by atoms with Gasteiger partial charge >= 0.3 is 0 Å². The molecule has 0 spiro atoms. The summed E-state index contributed by atoms with van der Waals surface area (Å²) in [4.78, 5) is 13.0. The van der Waals surface area contributed by atoms with Crippen molar-refractivity contribution in [2.45, 2.75) is 120 Å². The Bertz CT molecular complexity index is 841. The van der Waals surface area contributed by atoms with Crippen LogP contribution in [0, 0.1) is 44.8 Å². The van der Waals surface area contributed by atoms with Gasteiger partial charge in [0.05, 0.1) is 0 Å². The van der Waals surface area contributed by atoms with Gasteiger partial charge in [0.25, 0.3) is 0 Å². The molecule has 3 saturated carbocycles. The lowest BCUT2D eigenvalue weighted by molar-refractivity contribution is -0.167. The van der Waals surface area contributed by atoms with Crippen LogP contribution in [0.4, 0.5) is 0 Å². The van der Waals surface area contributed by atoms with E-state index in [1.165, 1.54) is 44.1 Å². The first-order valence-electron chi connectivity index (χ1n) is 13.6. The molecule has 0 amide bonds. The smallest absolute Gasteiger partial charge is 0.139 e. The van der Waals surface area contributed by atoms with Crippen molar-refractivity contribution in [3.8, 4) is 0 Å². The third-order valence-electron chi connectivity index (χ3n) is 12.6. The van der Waals surface area contributed by atoms with Crippen LogP contribution in [0.2, 0.25) is 0 Å². The standard InChI is InChI=1S/C31H50O/c1-21(2)11-10-12-22(3)23-13-17-29(7)24-15-20-31(9)27(4,5)26(32)16-19-30(31,8)25(24)14-18-28(23,29)6/h11,15,22-23,25H,10,12-14,16-20H2,1-9H3/t22-,23-,25-,28-,29+,30+,31-/m0/s1. The van der Waals surface area contributed by atoms with E-state index in [-0.39, 0.29) is 16.2 Å². The van der Waals surface area contributed by atoms with Crippen molar-refractivity contribution in [3.63, 3.8) is 0 Å². The van der Waals surface area contributed by atoms with Crippen molar-refractivity contribution in [2.24, 2.45) is 44.8 Å². The number of hydrogen-bond donors (Lipinski definition) is 0. The van der Waals surface area contributed by atoms with E-state index >= 15 is 0 Å². The molecule has 4 aliphatic rings. The number of rotatable bonds is 4. The van der Waals surface area contributed by atoms with E-state index in [1.807, 2.05) is 0 Å².